The Morgan fingerprint density at radius 2 is 0.500 bits per heavy atom. The van der Waals surface area contributed by atoms with Gasteiger partial charge in [0.05, 0.1) is 0 Å². The van der Waals surface area contributed by atoms with Crippen molar-refractivity contribution in [3.05, 3.63) is 0 Å². The van der Waals surface area contributed by atoms with Gasteiger partial charge in [-0.25, -0.2) is 0 Å². The van der Waals surface area contributed by atoms with Gasteiger partial charge in [-0.05, 0) is 64.4 Å². The van der Waals surface area contributed by atoms with Crippen molar-refractivity contribution in [2.45, 2.75) is 81.3 Å². The first-order valence-electron chi connectivity index (χ1n) is 11.5. The van der Waals surface area contributed by atoms with Gasteiger partial charge in [0.15, 0.2) is 0 Å². The van der Waals surface area contributed by atoms with Crippen molar-refractivity contribution in [1.29, 1.82) is 0 Å². The van der Waals surface area contributed by atoms with Gasteiger partial charge in [-0.3, -0.25) is 0 Å². The molecule has 0 heterocycles. The van der Waals surface area contributed by atoms with Crippen molar-refractivity contribution in [2.75, 3.05) is 52.4 Å². The number of hydrogen-bond acceptors (Lipinski definition) is 4. The first-order valence-corrected chi connectivity index (χ1v) is 16.7. The van der Waals surface area contributed by atoms with Gasteiger partial charge in [0.25, 0.3) is 0 Å². The lowest BCUT2D eigenvalue weighted by Gasteiger charge is -2.63. The number of rotatable bonds is 15. The SMILES string of the molecule is CCN(CC)[Si](CC)(N(CC)CC)[Si](CC)(N(CC)CC)N(CC)CC. The van der Waals surface area contributed by atoms with Crippen LogP contribution in [0.1, 0.15) is 69.2 Å². The van der Waals surface area contributed by atoms with Crippen LogP contribution in [0, 0.1) is 0 Å². The molecule has 0 N–H and O–H groups in total. The highest BCUT2D eigenvalue weighted by atomic mass is 29.3. The van der Waals surface area contributed by atoms with Crippen molar-refractivity contribution in [1.82, 2.24) is 18.3 Å². The van der Waals surface area contributed by atoms with Crippen molar-refractivity contribution in [2.24, 2.45) is 0 Å². The first kappa shape index (κ1) is 26.3. The lowest BCUT2D eigenvalue weighted by Crippen LogP contribution is -2.89. The van der Waals surface area contributed by atoms with Gasteiger partial charge >= 0.3 is 0 Å². The maximum atomic E-state index is 2.95. The summed E-state index contributed by atoms with van der Waals surface area (Å²) in [5.41, 5.74) is 0. The lowest BCUT2D eigenvalue weighted by atomic mass is 10.7. The summed E-state index contributed by atoms with van der Waals surface area (Å²) in [7, 11) is -3.72. The standard InChI is InChI=1S/C20H50N4Si2/c1-11-21(12-2)25(19-9,22(13-3)14-4)26(20-10,23(15-5)16-6)24(17-7)18-8/h11-20H2,1-10H3. The molecule has 0 saturated carbocycles. The minimum absolute atomic E-state index is 1.18. The molecular weight excluding hydrogens is 352 g/mol. The summed E-state index contributed by atoms with van der Waals surface area (Å²) in [6.45, 7) is 33.6. The summed E-state index contributed by atoms with van der Waals surface area (Å²) in [5.74, 6) is 0. The van der Waals surface area contributed by atoms with E-state index < -0.39 is 15.8 Å². The Bertz CT molecular complexity index is 294. The molecule has 4 nitrogen and oxygen atoms in total. The average Bonchev–Trinajstić information content (AvgIpc) is 2.68. The van der Waals surface area contributed by atoms with E-state index in [1.54, 1.807) is 0 Å². The molecule has 0 aromatic heterocycles. The summed E-state index contributed by atoms with van der Waals surface area (Å²) in [5, 5.41) is 0. The molecule has 0 aliphatic heterocycles. The fourth-order valence-corrected chi connectivity index (χ4v) is 29.1. The van der Waals surface area contributed by atoms with Crippen LogP contribution in [0.2, 0.25) is 12.1 Å². The second-order valence-corrected chi connectivity index (χ2v) is 19.0. The molecule has 0 bridgehead atoms. The third-order valence-corrected chi connectivity index (χ3v) is 26.5. The van der Waals surface area contributed by atoms with Gasteiger partial charge in [-0.2, -0.15) is 0 Å². The fraction of sp³-hybridized carbons (Fsp3) is 1.00. The Hall–Kier alpha value is 0.274. The van der Waals surface area contributed by atoms with Crippen LogP contribution in [-0.4, -0.2) is 86.4 Å². The number of hydrogen-bond donors (Lipinski definition) is 0. The van der Waals surface area contributed by atoms with Crippen molar-refractivity contribution in [3.8, 4) is 0 Å². The van der Waals surface area contributed by atoms with Crippen LogP contribution in [0.3, 0.4) is 0 Å². The van der Waals surface area contributed by atoms with Gasteiger partial charge in [0.1, 0.15) is 0 Å². The van der Waals surface area contributed by atoms with Crippen LogP contribution in [0.15, 0.2) is 0 Å². The normalized spacial score (nSPS) is 13.6. The topological polar surface area (TPSA) is 13.0 Å². The Balaban J connectivity index is 7.04. The molecule has 0 atom stereocenters. The second-order valence-electron chi connectivity index (χ2n) is 7.03. The predicted molar refractivity (Wildman–Crippen MR) is 124 cm³/mol. The van der Waals surface area contributed by atoms with Crippen molar-refractivity contribution in [3.63, 3.8) is 0 Å². The van der Waals surface area contributed by atoms with Gasteiger partial charge in [0.2, 0.25) is 15.8 Å². The monoisotopic (exact) mass is 402 g/mol. The highest BCUT2D eigenvalue weighted by molar-refractivity contribution is 7.37. The summed E-state index contributed by atoms with van der Waals surface area (Å²) < 4.78 is 11.8. The zero-order valence-electron chi connectivity index (χ0n) is 19.9. The van der Waals surface area contributed by atoms with E-state index >= 15 is 0 Å². The molecule has 0 saturated heterocycles. The lowest BCUT2D eigenvalue weighted by molar-refractivity contribution is 0.318. The summed E-state index contributed by atoms with van der Waals surface area (Å²) >= 11 is 0. The van der Waals surface area contributed by atoms with Crippen molar-refractivity contribution < 1.29 is 0 Å². The van der Waals surface area contributed by atoms with E-state index in [1.807, 2.05) is 0 Å². The predicted octanol–water partition coefficient (Wildman–Crippen LogP) is 4.36. The van der Waals surface area contributed by atoms with E-state index in [0.717, 1.165) is 0 Å². The Kier molecular flexibility index (Phi) is 12.8. The van der Waals surface area contributed by atoms with E-state index in [0.29, 0.717) is 0 Å². The summed E-state index contributed by atoms with van der Waals surface area (Å²) in [6, 6.07) is 2.67. The smallest absolute Gasteiger partial charge is 0.229 e. The number of nitrogens with zero attached hydrogens (tertiary/aromatic N) is 4. The highest BCUT2D eigenvalue weighted by Crippen LogP contribution is 2.38. The summed E-state index contributed by atoms with van der Waals surface area (Å²) in [4.78, 5) is 0. The van der Waals surface area contributed by atoms with Gasteiger partial charge in [-0.15, -0.1) is 0 Å². The molecule has 0 aromatic carbocycles. The molecule has 0 aliphatic rings. The van der Waals surface area contributed by atoms with E-state index in [-0.39, 0.29) is 0 Å². The molecule has 0 rings (SSSR count). The average molecular weight is 403 g/mol. The highest BCUT2D eigenvalue weighted by Gasteiger charge is 2.64. The van der Waals surface area contributed by atoms with Crippen LogP contribution < -0.4 is 0 Å². The van der Waals surface area contributed by atoms with Crippen LogP contribution in [0.5, 0.6) is 0 Å². The fourth-order valence-electron chi connectivity index (χ4n) is 5.86. The quantitative estimate of drug-likeness (QED) is 0.377. The van der Waals surface area contributed by atoms with Crippen LogP contribution in [0.25, 0.3) is 0 Å². The third kappa shape index (κ3) is 4.30. The molecule has 0 radical (unpaired) electrons. The van der Waals surface area contributed by atoms with Gasteiger partial charge in [-0.1, -0.05) is 69.2 Å². The maximum Gasteiger partial charge on any atom is 0.229 e. The maximum absolute atomic E-state index is 2.95. The molecule has 0 amide bonds. The largest absolute Gasteiger partial charge is 0.312 e. The van der Waals surface area contributed by atoms with E-state index in [2.05, 4.69) is 87.5 Å². The van der Waals surface area contributed by atoms with Crippen LogP contribution >= 0.6 is 0 Å². The minimum Gasteiger partial charge on any atom is -0.312 e. The van der Waals surface area contributed by atoms with E-state index in [1.165, 1.54) is 64.4 Å². The molecule has 0 spiro atoms. The summed E-state index contributed by atoms with van der Waals surface area (Å²) in [6.07, 6.45) is 0. The molecule has 0 aromatic rings. The molecule has 0 unspecified atom stereocenters. The first-order chi connectivity index (χ1) is 12.4. The molecule has 0 fully saturated rings. The van der Waals surface area contributed by atoms with Gasteiger partial charge < -0.3 is 18.3 Å². The van der Waals surface area contributed by atoms with E-state index in [9.17, 15) is 0 Å². The molecule has 158 valence electrons. The zero-order valence-corrected chi connectivity index (χ0v) is 21.9. The second kappa shape index (κ2) is 12.7. The molecular formula is C20H50N4Si2. The van der Waals surface area contributed by atoms with Gasteiger partial charge in [0, 0.05) is 0 Å². The Labute approximate surface area is 168 Å². The van der Waals surface area contributed by atoms with Crippen LogP contribution in [0.4, 0.5) is 0 Å². The minimum atomic E-state index is -1.86. The zero-order chi connectivity index (χ0) is 20.4. The molecule has 6 heteroatoms. The third-order valence-electron chi connectivity index (χ3n) is 6.77. The van der Waals surface area contributed by atoms with Crippen LogP contribution in [-0.2, 0) is 0 Å². The van der Waals surface area contributed by atoms with Crippen molar-refractivity contribution >= 4 is 15.8 Å². The molecule has 26 heavy (non-hydrogen) atoms. The van der Waals surface area contributed by atoms with E-state index in [4.69, 9.17) is 0 Å². The Morgan fingerprint density at radius 1 is 0.346 bits per heavy atom. The molecule has 0 aliphatic carbocycles. The Morgan fingerprint density at radius 3 is 0.577 bits per heavy atom.